The number of nitrogens with zero attached hydrogens (tertiary/aromatic N) is 3. The van der Waals surface area contributed by atoms with Gasteiger partial charge in [-0.15, -0.1) is 22.7 Å². The van der Waals surface area contributed by atoms with Crippen LogP contribution in [-0.4, -0.2) is 33.4 Å². The highest BCUT2D eigenvalue weighted by Crippen LogP contribution is 2.34. The summed E-state index contributed by atoms with van der Waals surface area (Å²) in [4.78, 5) is 43.8. The van der Waals surface area contributed by atoms with Gasteiger partial charge in [-0.3, -0.25) is 10.1 Å². The first-order chi connectivity index (χ1) is 14.4. The van der Waals surface area contributed by atoms with E-state index in [-0.39, 0.29) is 29.5 Å². The van der Waals surface area contributed by atoms with Crippen molar-refractivity contribution >= 4 is 52.1 Å². The molecule has 0 aliphatic rings. The lowest BCUT2D eigenvalue weighted by molar-refractivity contribution is -0.384. The van der Waals surface area contributed by atoms with Crippen molar-refractivity contribution in [3.63, 3.8) is 0 Å². The van der Waals surface area contributed by atoms with Crippen LogP contribution in [0, 0.1) is 17.0 Å². The maximum absolute atomic E-state index is 12.7. The minimum atomic E-state index is -0.736. The van der Waals surface area contributed by atoms with Crippen molar-refractivity contribution in [2.75, 3.05) is 6.61 Å². The highest BCUT2D eigenvalue weighted by molar-refractivity contribution is 8.01. The van der Waals surface area contributed by atoms with Crippen molar-refractivity contribution in [2.24, 2.45) is 0 Å². The zero-order chi connectivity index (χ0) is 21.7. The first kappa shape index (κ1) is 21.9. The Morgan fingerprint density at radius 3 is 2.63 bits per heavy atom. The Balaban J connectivity index is 1.77. The molecular weight excluding hydrogens is 450 g/mol. The van der Waals surface area contributed by atoms with Gasteiger partial charge < -0.3 is 9.47 Å². The fraction of sp³-hybridized carbons (Fsp3) is 0.222. The number of carbonyl (C=O) groups excluding carboxylic acids is 2. The molecule has 0 unspecified atom stereocenters. The standard InChI is InChI=1S/C18H15N3O6S3/c1-3-26-17(23)15-20-11(9-28-15)7-27-16(22)13-6-12(21(24)25)4-5-14(13)30-18-19-10(2)8-29-18/h4-6,8-9H,3,7H2,1-2H3. The third kappa shape index (κ3) is 5.40. The molecule has 9 nitrogen and oxygen atoms in total. The van der Waals surface area contributed by atoms with Crippen molar-refractivity contribution in [3.05, 3.63) is 61.0 Å². The van der Waals surface area contributed by atoms with Gasteiger partial charge in [0.05, 0.1) is 22.8 Å². The fourth-order valence-electron chi connectivity index (χ4n) is 2.23. The summed E-state index contributed by atoms with van der Waals surface area (Å²) in [6.07, 6.45) is 0. The normalized spacial score (nSPS) is 10.6. The molecule has 0 N–H and O–H groups in total. The molecule has 0 fully saturated rings. The Labute approximate surface area is 183 Å². The molecule has 0 atom stereocenters. The van der Waals surface area contributed by atoms with Crippen molar-refractivity contribution in [3.8, 4) is 0 Å². The van der Waals surface area contributed by atoms with Crippen LogP contribution in [0.5, 0.6) is 0 Å². The first-order valence-corrected chi connectivity index (χ1v) is 11.1. The molecule has 2 heterocycles. The van der Waals surface area contributed by atoms with Gasteiger partial charge in [-0.05, 0) is 19.9 Å². The average Bonchev–Trinajstić information content (AvgIpc) is 3.35. The quantitative estimate of drug-likeness (QED) is 0.269. The van der Waals surface area contributed by atoms with Gasteiger partial charge in [0, 0.05) is 33.5 Å². The van der Waals surface area contributed by atoms with Crippen LogP contribution in [0.25, 0.3) is 0 Å². The summed E-state index contributed by atoms with van der Waals surface area (Å²) in [5.41, 5.74) is 1.06. The van der Waals surface area contributed by atoms with Gasteiger partial charge in [0.25, 0.3) is 5.69 Å². The minimum absolute atomic E-state index is 0.0582. The molecule has 0 bridgehead atoms. The summed E-state index contributed by atoms with van der Waals surface area (Å²) in [6.45, 7) is 3.59. The minimum Gasteiger partial charge on any atom is -0.461 e. The molecule has 3 aromatic rings. The van der Waals surface area contributed by atoms with E-state index in [1.165, 1.54) is 41.3 Å². The van der Waals surface area contributed by atoms with E-state index in [4.69, 9.17) is 9.47 Å². The summed E-state index contributed by atoms with van der Waals surface area (Å²) in [5.74, 6) is -1.28. The Morgan fingerprint density at radius 1 is 1.17 bits per heavy atom. The number of esters is 2. The maximum Gasteiger partial charge on any atom is 0.367 e. The SMILES string of the molecule is CCOC(=O)c1nc(COC(=O)c2cc([N+](=O)[O-])ccc2Sc2nc(C)cs2)cs1. The number of hydrogen-bond donors (Lipinski definition) is 0. The molecule has 0 saturated carbocycles. The molecule has 0 spiro atoms. The lowest BCUT2D eigenvalue weighted by Gasteiger charge is -2.08. The molecule has 0 amide bonds. The van der Waals surface area contributed by atoms with Gasteiger partial charge in [0.15, 0.2) is 4.34 Å². The van der Waals surface area contributed by atoms with E-state index in [9.17, 15) is 19.7 Å². The highest BCUT2D eigenvalue weighted by Gasteiger charge is 2.20. The summed E-state index contributed by atoms with van der Waals surface area (Å²) in [5, 5.41) is 14.7. The topological polar surface area (TPSA) is 122 Å². The number of nitro benzene ring substituents is 1. The van der Waals surface area contributed by atoms with Crippen LogP contribution >= 0.6 is 34.4 Å². The summed E-state index contributed by atoms with van der Waals surface area (Å²) in [6, 6.07) is 4.00. The fourth-order valence-corrected chi connectivity index (χ4v) is 4.82. The summed E-state index contributed by atoms with van der Waals surface area (Å²) >= 11 is 3.72. The average molecular weight is 466 g/mol. The lowest BCUT2D eigenvalue weighted by Crippen LogP contribution is -2.08. The smallest absolute Gasteiger partial charge is 0.367 e. The van der Waals surface area contributed by atoms with Crippen LogP contribution in [0.3, 0.4) is 0 Å². The van der Waals surface area contributed by atoms with Gasteiger partial charge >= 0.3 is 11.9 Å². The van der Waals surface area contributed by atoms with Gasteiger partial charge in [0.1, 0.15) is 6.61 Å². The number of carbonyl (C=O) groups is 2. The van der Waals surface area contributed by atoms with Crippen molar-refractivity contribution in [2.45, 2.75) is 29.7 Å². The second-order valence-corrected chi connectivity index (χ2v) is 8.74. The maximum atomic E-state index is 12.7. The predicted octanol–water partition coefficient (Wildman–Crippen LogP) is 4.50. The van der Waals surface area contributed by atoms with Crippen molar-refractivity contribution < 1.29 is 24.0 Å². The van der Waals surface area contributed by atoms with Crippen LogP contribution < -0.4 is 0 Å². The van der Waals surface area contributed by atoms with Gasteiger partial charge in [-0.25, -0.2) is 19.6 Å². The third-order valence-electron chi connectivity index (χ3n) is 3.54. The Kier molecular flexibility index (Phi) is 7.13. The number of thiazole rings is 2. The number of aryl methyl sites for hydroxylation is 1. The van der Waals surface area contributed by atoms with Gasteiger partial charge in [-0.1, -0.05) is 11.8 Å². The van der Waals surface area contributed by atoms with E-state index in [2.05, 4.69) is 9.97 Å². The molecule has 30 heavy (non-hydrogen) atoms. The Hall–Kier alpha value is -2.83. The zero-order valence-electron chi connectivity index (χ0n) is 15.8. The molecule has 12 heteroatoms. The number of nitro groups is 1. The number of hydrogen-bond acceptors (Lipinski definition) is 11. The molecule has 3 rings (SSSR count). The largest absolute Gasteiger partial charge is 0.461 e. The van der Waals surface area contributed by atoms with E-state index in [0.29, 0.717) is 14.9 Å². The number of non-ortho nitro benzene ring substituents is 1. The van der Waals surface area contributed by atoms with Crippen LogP contribution in [-0.2, 0) is 16.1 Å². The van der Waals surface area contributed by atoms with E-state index < -0.39 is 16.9 Å². The second-order valence-electron chi connectivity index (χ2n) is 5.74. The molecular formula is C18H15N3O6S3. The highest BCUT2D eigenvalue weighted by atomic mass is 32.2. The Morgan fingerprint density at radius 2 is 1.97 bits per heavy atom. The van der Waals surface area contributed by atoms with Gasteiger partial charge in [-0.2, -0.15) is 0 Å². The molecule has 1 aromatic carbocycles. The van der Waals surface area contributed by atoms with E-state index in [1.54, 1.807) is 12.3 Å². The van der Waals surface area contributed by atoms with Crippen LogP contribution in [0.15, 0.2) is 38.2 Å². The number of benzene rings is 1. The van der Waals surface area contributed by atoms with E-state index >= 15 is 0 Å². The van der Waals surface area contributed by atoms with Crippen LogP contribution in [0.2, 0.25) is 0 Å². The molecule has 0 radical (unpaired) electrons. The summed E-state index contributed by atoms with van der Waals surface area (Å²) < 4.78 is 10.9. The van der Waals surface area contributed by atoms with E-state index in [1.807, 2.05) is 12.3 Å². The van der Waals surface area contributed by atoms with E-state index in [0.717, 1.165) is 17.0 Å². The molecule has 2 aromatic heterocycles. The number of ether oxygens (including phenoxy) is 2. The number of aromatic nitrogens is 2. The van der Waals surface area contributed by atoms with Crippen LogP contribution in [0.1, 0.15) is 38.5 Å². The van der Waals surface area contributed by atoms with Crippen molar-refractivity contribution in [1.29, 1.82) is 0 Å². The molecule has 0 saturated heterocycles. The van der Waals surface area contributed by atoms with Gasteiger partial charge in [0.2, 0.25) is 5.01 Å². The first-order valence-electron chi connectivity index (χ1n) is 8.54. The zero-order valence-corrected chi connectivity index (χ0v) is 18.3. The molecule has 0 aliphatic carbocycles. The Bertz CT molecular complexity index is 1090. The number of rotatable bonds is 8. The monoisotopic (exact) mass is 465 g/mol. The van der Waals surface area contributed by atoms with Crippen LogP contribution in [0.4, 0.5) is 5.69 Å². The lowest BCUT2D eigenvalue weighted by atomic mass is 10.2. The molecule has 156 valence electrons. The van der Waals surface area contributed by atoms with Crippen molar-refractivity contribution in [1.82, 2.24) is 9.97 Å². The third-order valence-corrected chi connectivity index (χ3v) is 6.55. The second kappa shape index (κ2) is 9.78. The molecule has 0 aliphatic heterocycles. The summed E-state index contributed by atoms with van der Waals surface area (Å²) in [7, 11) is 0. The predicted molar refractivity (Wildman–Crippen MR) is 111 cm³/mol.